The minimum Gasteiger partial charge on any atom is -0.393 e. The van der Waals surface area contributed by atoms with Gasteiger partial charge < -0.3 is 21.5 Å². The molecule has 7 heteroatoms. The first-order chi connectivity index (χ1) is 10.9. The van der Waals surface area contributed by atoms with Crippen molar-refractivity contribution in [2.75, 3.05) is 10.6 Å². The highest BCUT2D eigenvalue weighted by Gasteiger charge is 2.38. The van der Waals surface area contributed by atoms with Crippen molar-refractivity contribution in [2.45, 2.75) is 63.6 Å². The average Bonchev–Trinajstić information content (AvgIpc) is 3.20. The fourth-order valence-electron chi connectivity index (χ4n) is 2.94. The molecule has 2 aliphatic carbocycles. The molecule has 0 spiro atoms. The minimum absolute atomic E-state index is 0.0575. The van der Waals surface area contributed by atoms with E-state index in [9.17, 15) is 9.90 Å². The van der Waals surface area contributed by atoms with Crippen molar-refractivity contribution in [2.24, 2.45) is 11.7 Å². The summed E-state index contributed by atoms with van der Waals surface area (Å²) in [6.45, 7) is 4.17. The van der Waals surface area contributed by atoms with Crippen molar-refractivity contribution in [1.29, 1.82) is 0 Å². The van der Waals surface area contributed by atoms with Crippen molar-refractivity contribution >= 4 is 17.7 Å². The Hall–Kier alpha value is -1.89. The van der Waals surface area contributed by atoms with Crippen LogP contribution in [0.15, 0.2) is 6.20 Å². The van der Waals surface area contributed by atoms with Crippen LogP contribution in [0.3, 0.4) is 0 Å². The van der Waals surface area contributed by atoms with Gasteiger partial charge >= 0.3 is 0 Å². The number of primary amides is 1. The Morgan fingerprint density at radius 3 is 2.78 bits per heavy atom. The molecule has 2 aliphatic rings. The molecule has 7 nitrogen and oxygen atoms in total. The molecule has 0 aromatic carbocycles. The van der Waals surface area contributed by atoms with E-state index in [1.165, 1.54) is 6.20 Å². The monoisotopic (exact) mass is 319 g/mol. The van der Waals surface area contributed by atoms with Crippen LogP contribution >= 0.6 is 0 Å². The van der Waals surface area contributed by atoms with Crippen molar-refractivity contribution in [3.63, 3.8) is 0 Å². The van der Waals surface area contributed by atoms with E-state index < -0.39 is 5.91 Å². The lowest BCUT2D eigenvalue weighted by Crippen LogP contribution is -2.35. The predicted octanol–water partition coefficient (Wildman–Crippen LogP) is 1.50. The highest BCUT2D eigenvalue weighted by Crippen LogP contribution is 2.37. The molecule has 1 aromatic rings. The van der Waals surface area contributed by atoms with Gasteiger partial charge in [-0.05, 0) is 44.9 Å². The summed E-state index contributed by atoms with van der Waals surface area (Å²) in [6, 6.07) is 0.0820. The van der Waals surface area contributed by atoms with Crippen LogP contribution in [0.2, 0.25) is 0 Å². The van der Waals surface area contributed by atoms with Crippen LogP contribution in [0.1, 0.15) is 56.3 Å². The molecule has 0 aliphatic heterocycles. The third-order valence-corrected chi connectivity index (χ3v) is 4.96. The van der Waals surface area contributed by atoms with Crippen molar-refractivity contribution in [1.82, 2.24) is 9.97 Å². The van der Waals surface area contributed by atoms with Gasteiger partial charge in [0.15, 0.2) is 0 Å². The normalized spacial score (nSPS) is 28.9. The van der Waals surface area contributed by atoms with Crippen LogP contribution in [-0.2, 0) is 0 Å². The second-order valence-corrected chi connectivity index (χ2v) is 7.20. The zero-order valence-corrected chi connectivity index (χ0v) is 13.7. The molecule has 0 unspecified atom stereocenters. The van der Waals surface area contributed by atoms with Crippen LogP contribution in [0.5, 0.6) is 0 Å². The number of aliphatic hydroxyl groups is 1. The van der Waals surface area contributed by atoms with Crippen LogP contribution in [0, 0.1) is 5.92 Å². The molecule has 0 saturated heterocycles. The van der Waals surface area contributed by atoms with E-state index in [0.717, 1.165) is 25.7 Å². The number of hydrogen-bond acceptors (Lipinski definition) is 6. The maximum absolute atomic E-state index is 11.6. The van der Waals surface area contributed by atoms with Gasteiger partial charge in [0.2, 0.25) is 5.95 Å². The number of carbonyl (C=O) groups is 1. The smallest absolute Gasteiger partial charge is 0.254 e. The molecular weight excluding hydrogens is 294 g/mol. The molecule has 0 radical (unpaired) electrons. The molecule has 2 fully saturated rings. The lowest BCUT2D eigenvalue weighted by Gasteiger charge is -2.32. The van der Waals surface area contributed by atoms with Gasteiger partial charge in [0, 0.05) is 17.8 Å². The quantitative estimate of drug-likeness (QED) is 0.654. The summed E-state index contributed by atoms with van der Waals surface area (Å²) < 4.78 is 0. The van der Waals surface area contributed by atoms with E-state index in [1.54, 1.807) is 0 Å². The fraction of sp³-hybridized carbons (Fsp3) is 0.688. The Kier molecular flexibility index (Phi) is 4.14. The standard InChI is InChI=1S/C16H25N5O2/c1-9-3-4-10(7-12(9)22)19-14-11(13(17)23)8-18-15(20-14)21-16(2)5-6-16/h8-10,12,22H,3-7H2,1-2H3,(H2,17,23)(H2,18,19,20,21)/t9-,10-,12-/m1/s1. The fourth-order valence-corrected chi connectivity index (χ4v) is 2.94. The first-order valence-electron chi connectivity index (χ1n) is 8.26. The molecule has 0 bridgehead atoms. The van der Waals surface area contributed by atoms with Gasteiger partial charge in [-0.25, -0.2) is 4.98 Å². The van der Waals surface area contributed by atoms with Gasteiger partial charge in [0.1, 0.15) is 5.82 Å². The molecule has 3 atom stereocenters. The molecular formula is C16H25N5O2. The van der Waals surface area contributed by atoms with Gasteiger partial charge in [0.05, 0.1) is 11.7 Å². The largest absolute Gasteiger partial charge is 0.393 e. The third-order valence-electron chi connectivity index (χ3n) is 4.96. The number of amides is 1. The van der Waals surface area contributed by atoms with Crippen molar-refractivity contribution < 1.29 is 9.90 Å². The summed E-state index contributed by atoms with van der Waals surface area (Å²) >= 11 is 0. The highest BCUT2D eigenvalue weighted by atomic mass is 16.3. The second-order valence-electron chi connectivity index (χ2n) is 7.20. The lowest BCUT2D eigenvalue weighted by molar-refractivity contribution is 0.0739. The average molecular weight is 319 g/mol. The third kappa shape index (κ3) is 3.72. The van der Waals surface area contributed by atoms with Crippen LogP contribution < -0.4 is 16.4 Å². The number of aliphatic hydroxyl groups excluding tert-OH is 1. The molecule has 2 saturated carbocycles. The number of rotatable bonds is 5. The number of aromatic nitrogens is 2. The SMILES string of the molecule is C[C@@H]1CC[C@@H](Nc2nc(NC3(C)CC3)ncc2C(N)=O)C[C@H]1O. The number of carbonyl (C=O) groups excluding carboxylic acids is 1. The number of nitrogens with zero attached hydrogens (tertiary/aromatic N) is 2. The van der Waals surface area contributed by atoms with Gasteiger partial charge in [-0.3, -0.25) is 4.79 Å². The Morgan fingerprint density at radius 2 is 2.17 bits per heavy atom. The van der Waals surface area contributed by atoms with E-state index in [1.807, 2.05) is 0 Å². The van der Waals surface area contributed by atoms with E-state index in [4.69, 9.17) is 5.73 Å². The van der Waals surface area contributed by atoms with Crippen LogP contribution in [0.25, 0.3) is 0 Å². The topological polar surface area (TPSA) is 113 Å². The summed E-state index contributed by atoms with van der Waals surface area (Å²) in [6.07, 6.45) is 5.83. The van der Waals surface area contributed by atoms with Gasteiger partial charge in [0.25, 0.3) is 5.91 Å². The first-order valence-corrected chi connectivity index (χ1v) is 8.26. The Balaban J connectivity index is 1.77. The van der Waals surface area contributed by atoms with E-state index in [2.05, 4.69) is 34.4 Å². The van der Waals surface area contributed by atoms with E-state index in [0.29, 0.717) is 24.1 Å². The Morgan fingerprint density at radius 1 is 1.43 bits per heavy atom. The highest BCUT2D eigenvalue weighted by molar-refractivity contribution is 5.97. The van der Waals surface area contributed by atoms with E-state index in [-0.39, 0.29) is 23.2 Å². The molecule has 1 aromatic heterocycles. The Bertz CT molecular complexity index is 602. The molecule has 126 valence electrons. The number of nitrogens with one attached hydrogen (secondary N) is 2. The van der Waals surface area contributed by atoms with Gasteiger partial charge in [-0.1, -0.05) is 6.92 Å². The van der Waals surface area contributed by atoms with E-state index >= 15 is 0 Å². The predicted molar refractivity (Wildman–Crippen MR) is 88.2 cm³/mol. The maximum atomic E-state index is 11.6. The lowest BCUT2D eigenvalue weighted by atomic mass is 9.85. The summed E-state index contributed by atoms with van der Waals surface area (Å²) in [7, 11) is 0. The minimum atomic E-state index is -0.554. The van der Waals surface area contributed by atoms with Gasteiger partial charge in [-0.2, -0.15) is 4.98 Å². The molecule has 1 heterocycles. The Labute approximate surface area is 136 Å². The molecule has 1 amide bonds. The zero-order chi connectivity index (χ0) is 16.6. The van der Waals surface area contributed by atoms with Crippen molar-refractivity contribution in [3.8, 4) is 0 Å². The molecule has 5 N–H and O–H groups in total. The summed E-state index contributed by atoms with van der Waals surface area (Å²) in [4.78, 5) is 20.3. The number of hydrogen-bond donors (Lipinski definition) is 4. The first kappa shape index (κ1) is 16.0. The zero-order valence-electron chi connectivity index (χ0n) is 13.7. The second kappa shape index (κ2) is 5.96. The van der Waals surface area contributed by atoms with Crippen LogP contribution in [0.4, 0.5) is 11.8 Å². The molecule has 23 heavy (non-hydrogen) atoms. The van der Waals surface area contributed by atoms with Crippen LogP contribution in [-0.4, -0.2) is 38.7 Å². The van der Waals surface area contributed by atoms with Gasteiger partial charge in [-0.15, -0.1) is 0 Å². The number of nitrogens with two attached hydrogens (primary N) is 1. The maximum Gasteiger partial charge on any atom is 0.254 e. The molecule has 3 rings (SSSR count). The summed E-state index contributed by atoms with van der Waals surface area (Å²) in [5.41, 5.74) is 5.77. The number of anilines is 2. The summed E-state index contributed by atoms with van der Waals surface area (Å²) in [5, 5.41) is 16.6. The van der Waals surface area contributed by atoms with Crippen molar-refractivity contribution in [3.05, 3.63) is 11.8 Å². The summed E-state index contributed by atoms with van der Waals surface area (Å²) in [5.74, 6) is 0.704.